The number of amides is 1. The highest BCUT2D eigenvalue weighted by Gasteiger charge is 2.20. The fourth-order valence-electron chi connectivity index (χ4n) is 3.00. The van der Waals surface area contributed by atoms with E-state index in [1.807, 2.05) is 24.4 Å². The lowest BCUT2D eigenvalue weighted by molar-refractivity contribution is 0.0904. The summed E-state index contributed by atoms with van der Waals surface area (Å²) in [5.74, 6) is 0.564. The van der Waals surface area contributed by atoms with Gasteiger partial charge in [0.05, 0.1) is 13.2 Å². The minimum Gasteiger partial charge on any atom is -0.449 e. The number of fused-ring (bicyclic) bond motifs is 1. The Morgan fingerprint density at radius 3 is 2.85 bits per heavy atom. The van der Waals surface area contributed by atoms with Crippen molar-refractivity contribution in [2.45, 2.75) is 38.6 Å². The van der Waals surface area contributed by atoms with Gasteiger partial charge in [-0.2, -0.15) is 0 Å². The molecular formula is C17H21NO2. The van der Waals surface area contributed by atoms with Gasteiger partial charge in [-0.25, -0.2) is 4.79 Å². The SMILES string of the molecule is O=C(OCC1CCCCC1)N1C=Cc2ccccc2C1. The molecule has 3 rings (SSSR count). The van der Waals surface area contributed by atoms with Gasteiger partial charge in [0, 0.05) is 6.20 Å². The molecule has 3 heteroatoms. The van der Waals surface area contributed by atoms with Gasteiger partial charge in [0.1, 0.15) is 0 Å². The number of benzene rings is 1. The van der Waals surface area contributed by atoms with E-state index in [4.69, 9.17) is 4.74 Å². The lowest BCUT2D eigenvalue weighted by atomic mass is 9.90. The van der Waals surface area contributed by atoms with Gasteiger partial charge in [-0.3, -0.25) is 4.90 Å². The highest BCUT2D eigenvalue weighted by Crippen LogP contribution is 2.24. The van der Waals surface area contributed by atoms with Crippen LogP contribution in [0.1, 0.15) is 43.2 Å². The van der Waals surface area contributed by atoms with E-state index in [2.05, 4.69) is 12.1 Å². The number of hydrogen-bond donors (Lipinski definition) is 0. The van der Waals surface area contributed by atoms with Crippen molar-refractivity contribution in [1.29, 1.82) is 0 Å². The van der Waals surface area contributed by atoms with Crippen molar-refractivity contribution in [3.05, 3.63) is 41.6 Å². The molecule has 0 radical (unpaired) electrons. The maximum atomic E-state index is 12.1. The van der Waals surface area contributed by atoms with Gasteiger partial charge >= 0.3 is 6.09 Å². The highest BCUT2D eigenvalue weighted by molar-refractivity contribution is 5.72. The van der Waals surface area contributed by atoms with Gasteiger partial charge in [0.25, 0.3) is 0 Å². The molecule has 1 aliphatic carbocycles. The van der Waals surface area contributed by atoms with Crippen molar-refractivity contribution >= 4 is 12.2 Å². The molecule has 0 aromatic heterocycles. The van der Waals surface area contributed by atoms with Crippen LogP contribution in [0.2, 0.25) is 0 Å². The Balaban J connectivity index is 1.54. The second kappa shape index (κ2) is 6.12. The quantitative estimate of drug-likeness (QED) is 0.807. The Kier molecular flexibility index (Phi) is 4.05. The summed E-state index contributed by atoms with van der Waals surface area (Å²) in [4.78, 5) is 13.8. The summed E-state index contributed by atoms with van der Waals surface area (Å²) in [6.45, 7) is 1.18. The Morgan fingerprint density at radius 2 is 2.00 bits per heavy atom. The third-order valence-corrected chi connectivity index (χ3v) is 4.23. The van der Waals surface area contributed by atoms with Crippen molar-refractivity contribution < 1.29 is 9.53 Å². The largest absolute Gasteiger partial charge is 0.449 e. The number of nitrogens with zero attached hydrogens (tertiary/aromatic N) is 1. The van der Waals surface area contributed by atoms with E-state index in [1.54, 1.807) is 4.90 Å². The molecule has 1 aromatic rings. The molecule has 0 atom stereocenters. The molecule has 0 unspecified atom stereocenters. The van der Waals surface area contributed by atoms with Crippen LogP contribution in [0, 0.1) is 5.92 Å². The van der Waals surface area contributed by atoms with E-state index in [1.165, 1.54) is 43.2 Å². The van der Waals surface area contributed by atoms with Crippen LogP contribution < -0.4 is 0 Å². The minimum atomic E-state index is -0.221. The summed E-state index contributed by atoms with van der Waals surface area (Å²) >= 11 is 0. The first kappa shape index (κ1) is 13.2. The van der Waals surface area contributed by atoms with Gasteiger partial charge in [-0.15, -0.1) is 0 Å². The van der Waals surface area contributed by atoms with E-state index >= 15 is 0 Å². The summed E-state index contributed by atoms with van der Waals surface area (Å²) < 4.78 is 5.47. The number of ether oxygens (including phenoxy) is 1. The molecule has 1 heterocycles. The van der Waals surface area contributed by atoms with Crippen molar-refractivity contribution in [3.63, 3.8) is 0 Å². The Bertz CT molecular complexity index is 503. The minimum absolute atomic E-state index is 0.221. The first-order valence-corrected chi connectivity index (χ1v) is 7.52. The van der Waals surface area contributed by atoms with Gasteiger partial charge in [0.2, 0.25) is 0 Å². The molecule has 3 nitrogen and oxygen atoms in total. The standard InChI is InChI=1S/C17H21NO2/c19-17(20-13-14-6-2-1-3-7-14)18-11-10-15-8-4-5-9-16(15)12-18/h4-5,8-11,14H,1-3,6-7,12-13H2. The Labute approximate surface area is 120 Å². The second-order valence-electron chi connectivity index (χ2n) is 5.72. The topological polar surface area (TPSA) is 29.5 Å². The molecule has 1 aromatic carbocycles. The van der Waals surface area contributed by atoms with Crippen LogP contribution in [-0.4, -0.2) is 17.6 Å². The molecule has 1 fully saturated rings. The zero-order valence-corrected chi connectivity index (χ0v) is 11.8. The predicted molar refractivity (Wildman–Crippen MR) is 78.9 cm³/mol. The van der Waals surface area contributed by atoms with Crippen molar-refractivity contribution in [1.82, 2.24) is 4.90 Å². The molecule has 1 aliphatic heterocycles. The van der Waals surface area contributed by atoms with Gasteiger partial charge < -0.3 is 4.74 Å². The maximum absolute atomic E-state index is 12.1. The molecule has 0 saturated heterocycles. The van der Waals surface area contributed by atoms with Crippen molar-refractivity contribution in [2.24, 2.45) is 5.92 Å². The highest BCUT2D eigenvalue weighted by atomic mass is 16.6. The van der Waals surface area contributed by atoms with E-state index in [0.717, 1.165) is 0 Å². The van der Waals surface area contributed by atoms with Gasteiger partial charge in [-0.05, 0) is 36.0 Å². The monoisotopic (exact) mass is 271 g/mol. The van der Waals surface area contributed by atoms with Crippen LogP contribution in [0.3, 0.4) is 0 Å². The normalized spacial score (nSPS) is 18.7. The number of carbonyl (C=O) groups is 1. The van der Waals surface area contributed by atoms with E-state index in [9.17, 15) is 4.79 Å². The van der Waals surface area contributed by atoms with Crippen molar-refractivity contribution in [3.8, 4) is 0 Å². The molecule has 1 saturated carbocycles. The van der Waals surface area contributed by atoms with Crippen LogP contribution in [0.25, 0.3) is 6.08 Å². The van der Waals surface area contributed by atoms with Crippen LogP contribution >= 0.6 is 0 Å². The average molecular weight is 271 g/mol. The lowest BCUT2D eigenvalue weighted by Gasteiger charge is -2.25. The Hall–Kier alpha value is -1.77. The lowest BCUT2D eigenvalue weighted by Crippen LogP contribution is -2.29. The fourth-order valence-corrected chi connectivity index (χ4v) is 3.00. The molecule has 20 heavy (non-hydrogen) atoms. The molecule has 1 amide bonds. The number of hydrogen-bond acceptors (Lipinski definition) is 2. The second-order valence-corrected chi connectivity index (χ2v) is 5.72. The van der Waals surface area contributed by atoms with E-state index in [0.29, 0.717) is 19.1 Å². The summed E-state index contributed by atoms with van der Waals surface area (Å²) in [6.07, 6.45) is 9.86. The van der Waals surface area contributed by atoms with Gasteiger partial charge in [0.15, 0.2) is 0 Å². The van der Waals surface area contributed by atoms with Crippen LogP contribution in [0.5, 0.6) is 0 Å². The molecule has 0 N–H and O–H groups in total. The van der Waals surface area contributed by atoms with Gasteiger partial charge in [-0.1, -0.05) is 43.5 Å². The summed E-state index contributed by atoms with van der Waals surface area (Å²) in [5, 5.41) is 0. The zero-order valence-electron chi connectivity index (χ0n) is 11.8. The summed E-state index contributed by atoms with van der Waals surface area (Å²) in [7, 11) is 0. The summed E-state index contributed by atoms with van der Waals surface area (Å²) in [6, 6.07) is 8.14. The molecule has 2 aliphatic rings. The molecule has 0 spiro atoms. The van der Waals surface area contributed by atoms with Crippen molar-refractivity contribution in [2.75, 3.05) is 6.61 Å². The average Bonchev–Trinajstić information content (AvgIpc) is 2.53. The third-order valence-electron chi connectivity index (χ3n) is 4.23. The molecule has 106 valence electrons. The summed E-state index contributed by atoms with van der Waals surface area (Å²) in [5.41, 5.74) is 2.36. The van der Waals surface area contributed by atoms with Crippen LogP contribution in [-0.2, 0) is 11.3 Å². The maximum Gasteiger partial charge on any atom is 0.414 e. The third kappa shape index (κ3) is 3.03. The molecular weight excluding hydrogens is 250 g/mol. The predicted octanol–water partition coefficient (Wildman–Crippen LogP) is 4.19. The Morgan fingerprint density at radius 1 is 1.20 bits per heavy atom. The number of rotatable bonds is 2. The van der Waals surface area contributed by atoms with Crippen LogP contribution in [0.4, 0.5) is 4.79 Å². The zero-order chi connectivity index (χ0) is 13.8. The first-order valence-electron chi connectivity index (χ1n) is 7.52. The molecule has 0 bridgehead atoms. The first-order chi connectivity index (χ1) is 9.83. The number of carbonyl (C=O) groups excluding carboxylic acids is 1. The smallest absolute Gasteiger partial charge is 0.414 e. The fraction of sp³-hybridized carbons (Fsp3) is 0.471. The van der Waals surface area contributed by atoms with E-state index in [-0.39, 0.29) is 6.09 Å². The van der Waals surface area contributed by atoms with Crippen LogP contribution in [0.15, 0.2) is 30.5 Å². The van der Waals surface area contributed by atoms with E-state index < -0.39 is 0 Å².